The second-order valence-corrected chi connectivity index (χ2v) is 9.29. The summed E-state index contributed by atoms with van der Waals surface area (Å²) in [6.45, 7) is 11.8. The molecule has 0 unspecified atom stereocenters. The van der Waals surface area contributed by atoms with Crippen LogP contribution in [-0.2, 0) is 6.54 Å². The van der Waals surface area contributed by atoms with E-state index < -0.39 is 0 Å². The molecular formula is C29H30FN3O3. The zero-order valence-corrected chi connectivity index (χ0v) is 20.6. The van der Waals surface area contributed by atoms with Gasteiger partial charge in [-0.25, -0.2) is 4.39 Å². The van der Waals surface area contributed by atoms with Gasteiger partial charge in [0.2, 0.25) is 0 Å². The van der Waals surface area contributed by atoms with E-state index >= 15 is 4.39 Å². The number of halogens is 1. The minimum Gasteiger partial charge on any atom is -0.508 e. The van der Waals surface area contributed by atoms with Crippen LogP contribution >= 0.6 is 0 Å². The van der Waals surface area contributed by atoms with Gasteiger partial charge in [0, 0.05) is 42.1 Å². The van der Waals surface area contributed by atoms with Crippen LogP contribution in [-0.4, -0.2) is 30.5 Å². The Hall–Kier alpha value is -4.00. The van der Waals surface area contributed by atoms with Gasteiger partial charge in [0.05, 0.1) is 19.3 Å². The molecule has 6 nitrogen and oxygen atoms in total. The zero-order chi connectivity index (χ0) is 25.4. The van der Waals surface area contributed by atoms with E-state index in [-0.39, 0.29) is 18.1 Å². The molecule has 1 N–H and O–H groups in total. The van der Waals surface area contributed by atoms with Crippen LogP contribution in [0.2, 0.25) is 0 Å². The fourth-order valence-electron chi connectivity index (χ4n) is 5.10. The van der Waals surface area contributed by atoms with Crippen molar-refractivity contribution in [2.24, 2.45) is 5.92 Å². The molecule has 2 aliphatic rings. The van der Waals surface area contributed by atoms with E-state index in [0.717, 1.165) is 37.2 Å². The normalized spacial score (nSPS) is 17.2. The van der Waals surface area contributed by atoms with Crippen LogP contribution in [0.3, 0.4) is 0 Å². The lowest BCUT2D eigenvalue weighted by Crippen LogP contribution is -2.26. The van der Waals surface area contributed by atoms with E-state index in [1.54, 1.807) is 13.3 Å². The van der Waals surface area contributed by atoms with E-state index in [4.69, 9.17) is 9.26 Å². The summed E-state index contributed by atoms with van der Waals surface area (Å²) in [5, 5.41) is 14.5. The molecule has 0 bridgehead atoms. The highest BCUT2D eigenvalue weighted by Gasteiger charge is 2.34. The quantitative estimate of drug-likeness (QED) is 0.374. The van der Waals surface area contributed by atoms with Crippen molar-refractivity contribution in [3.05, 3.63) is 90.3 Å². The van der Waals surface area contributed by atoms with Crippen LogP contribution in [0, 0.1) is 11.7 Å². The first-order valence-electron chi connectivity index (χ1n) is 12.1. The lowest BCUT2D eigenvalue weighted by molar-refractivity contribution is 0.383. The van der Waals surface area contributed by atoms with Crippen LogP contribution in [0.4, 0.5) is 15.8 Å². The summed E-state index contributed by atoms with van der Waals surface area (Å²) >= 11 is 0. The van der Waals surface area contributed by atoms with Gasteiger partial charge < -0.3 is 24.2 Å². The van der Waals surface area contributed by atoms with E-state index in [2.05, 4.69) is 30.1 Å². The van der Waals surface area contributed by atoms with Crippen LogP contribution in [0.15, 0.2) is 77.7 Å². The van der Waals surface area contributed by atoms with Crippen molar-refractivity contribution in [3.63, 3.8) is 0 Å². The Morgan fingerprint density at radius 2 is 2.03 bits per heavy atom. The molecule has 0 amide bonds. The first kappa shape index (κ1) is 23.7. The highest BCUT2D eigenvalue weighted by molar-refractivity contribution is 5.96. The summed E-state index contributed by atoms with van der Waals surface area (Å²) in [6, 6.07) is 13.1. The molecule has 2 aromatic carbocycles. The Morgan fingerprint density at radius 3 is 2.69 bits per heavy atom. The largest absolute Gasteiger partial charge is 0.508 e. The van der Waals surface area contributed by atoms with Crippen molar-refractivity contribution in [1.29, 1.82) is 0 Å². The molecule has 3 aromatic rings. The Balaban J connectivity index is 1.59. The number of fused-ring (bicyclic) bond motifs is 1. The number of hydrogen-bond acceptors (Lipinski definition) is 6. The van der Waals surface area contributed by atoms with Crippen LogP contribution < -0.4 is 14.5 Å². The molecule has 0 saturated carbocycles. The number of aromatic nitrogens is 1. The van der Waals surface area contributed by atoms with Gasteiger partial charge in [-0.2, -0.15) is 0 Å². The second-order valence-electron chi connectivity index (χ2n) is 9.29. The van der Waals surface area contributed by atoms with Gasteiger partial charge >= 0.3 is 0 Å². The molecule has 2 aliphatic heterocycles. The number of aliphatic hydroxyl groups excluding tert-OH is 1. The number of nitrogens with zero attached hydrogens (tertiary/aromatic N) is 3. The standard InChI is InChI=1S/C29H30FN3O3/c1-5-20-11-12-32(15-20)28-25(30)14-23-18(2)24(19(3)34)17-33(27(23)29(28)35-4)16-22-13-26(31-36-22)21-9-7-6-8-10-21/h6-10,13-14,17,20,34H,2-3,5,11-12,15-16H2,1,4H3/t20-/m1/s1. The third kappa shape index (κ3) is 4.15. The van der Waals surface area contributed by atoms with Gasteiger partial charge in [0.1, 0.15) is 17.1 Å². The van der Waals surface area contributed by atoms with Gasteiger partial charge in [0.25, 0.3) is 0 Å². The van der Waals surface area contributed by atoms with Crippen molar-refractivity contribution in [2.45, 2.75) is 26.3 Å². The lowest BCUT2D eigenvalue weighted by Gasteiger charge is -2.34. The van der Waals surface area contributed by atoms with Crippen molar-refractivity contribution >= 4 is 16.9 Å². The first-order valence-corrected chi connectivity index (χ1v) is 12.1. The van der Waals surface area contributed by atoms with Crippen LogP contribution in [0.5, 0.6) is 5.75 Å². The van der Waals surface area contributed by atoms with E-state index in [1.807, 2.05) is 41.3 Å². The number of ether oxygens (including phenoxy) is 1. The zero-order valence-electron chi connectivity index (χ0n) is 20.6. The monoisotopic (exact) mass is 487 g/mol. The molecule has 1 aromatic heterocycles. The lowest BCUT2D eigenvalue weighted by atomic mass is 9.92. The third-order valence-electron chi connectivity index (χ3n) is 7.05. The topological polar surface area (TPSA) is 62.0 Å². The number of methoxy groups -OCH3 is 1. The Bertz CT molecular complexity index is 1350. The van der Waals surface area contributed by atoms with Crippen LogP contribution in [0.25, 0.3) is 16.8 Å². The number of allylic oxidation sites excluding steroid dienone is 1. The molecule has 1 saturated heterocycles. The maximum atomic E-state index is 15.6. The smallest absolute Gasteiger partial charge is 0.169 e. The molecule has 3 heterocycles. The molecule has 5 rings (SSSR count). The number of benzene rings is 2. The highest BCUT2D eigenvalue weighted by atomic mass is 19.1. The third-order valence-corrected chi connectivity index (χ3v) is 7.05. The average molecular weight is 488 g/mol. The Morgan fingerprint density at radius 1 is 1.25 bits per heavy atom. The molecule has 0 aliphatic carbocycles. The van der Waals surface area contributed by atoms with E-state index in [0.29, 0.717) is 45.5 Å². The summed E-state index contributed by atoms with van der Waals surface area (Å²) in [5.74, 6) is 1.04. The van der Waals surface area contributed by atoms with Gasteiger partial charge in [-0.1, -0.05) is 62.0 Å². The maximum absolute atomic E-state index is 15.6. The molecule has 1 atom stereocenters. The summed E-state index contributed by atoms with van der Waals surface area (Å²) in [4.78, 5) is 3.95. The van der Waals surface area contributed by atoms with Gasteiger partial charge in [-0.3, -0.25) is 0 Å². The molecule has 7 heteroatoms. The molecule has 0 radical (unpaired) electrons. The maximum Gasteiger partial charge on any atom is 0.169 e. The minimum absolute atomic E-state index is 0.146. The van der Waals surface area contributed by atoms with E-state index in [1.165, 1.54) is 6.07 Å². The molecule has 1 fully saturated rings. The molecule has 36 heavy (non-hydrogen) atoms. The molecular weight excluding hydrogens is 457 g/mol. The van der Waals surface area contributed by atoms with E-state index in [9.17, 15) is 5.11 Å². The molecule has 186 valence electrons. The second kappa shape index (κ2) is 9.57. The van der Waals surface area contributed by atoms with Crippen molar-refractivity contribution in [3.8, 4) is 17.0 Å². The predicted molar refractivity (Wildman–Crippen MR) is 141 cm³/mol. The first-order chi connectivity index (χ1) is 17.4. The average Bonchev–Trinajstić information content (AvgIpc) is 3.55. The number of aliphatic hydroxyl groups is 1. The van der Waals surface area contributed by atoms with Crippen molar-refractivity contribution < 1.29 is 18.8 Å². The summed E-state index contributed by atoms with van der Waals surface area (Å²) in [7, 11) is 1.55. The van der Waals surface area contributed by atoms with Crippen molar-refractivity contribution in [1.82, 2.24) is 5.16 Å². The SMILES string of the molecule is C=C(O)C1=CN(Cc2cc(-c3ccccc3)no2)c2c(cc(F)c(N3CC[C@@H](CC)C3)c2OC)C1=C. The van der Waals surface area contributed by atoms with Gasteiger partial charge in [-0.15, -0.1) is 0 Å². The predicted octanol–water partition coefficient (Wildman–Crippen LogP) is 6.71. The van der Waals surface area contributed by atoms with Gasteiger partial charge in [0.15, 0.2) is 17.3 Å². The Kier molecular flexibility index (Phi) is 6.31. The van der Waals surface area contributed by atoms with Crippen LogP contribution in [0.1, 0.15) is 31.1 Å². The van der Waals surface area contributed by atoms with Crippen molar-refractivity contribution in [2.75, 3.05) is 30.0 Å². The highest BCUT2D eigenvalue weighted by Crippen LogP contribution is 2.50. The summed E-state index contributed by atoms with van der Waals surface area (Å²) in [5.41, 5.74) is 4.22. The fraction of sp³-hybridized carbons (Fsp3) is 0.276. The summed E-state index contributed by atoms with van der Waals surface area (Å²) < 4.78 is 27.2. The molecule has 0 spiro atoms. The fourth-order valence-corrected chi connectivity index (χ4v) is 5.10. The number of rotatable bonds is 7. The number of hydrogen-bond donors (Lipinski definition) is 1. The minimum atomic E-state index is -0.376. The number of anilines is 2. The Labute approximate surface area is 210 Å². The van der Waals surface area contributed by atoms with Gasteiger partial charge in [-0.05, 0) is 24.0 Å². The summed E-state index contributed by atoms with van der Waals surface area (Å²) in [6.07, 6.45) is 3.82.